The van der Waals surface area contributed by atoms with E-state index < -0.39 is 5.97 Å². The van der Waals surface area contributed by atoms with Gasteiger partial charge >= 0.3 is 5.97 Å². The fraction of sp³-hybridized carbons (Fsp3) is 0.222. The number of rotatable bonds is 7. The van der Waals surface area contributed by atoms with E-state index in [2.05, 4.69) is 5.32 Å². The van der Waals surface area contributed by atoms with Crippen molar-refractivity contribution in [2.24, 2.45) is 0 Å². The van der Waals surface area contributed by atoms with E-state index in [0.717, 1.165) is 5.56 Å². The van der Waals surface area contributed by atoms with Crippen molar-refractivity contribution in [3.05, 3.63) is 63.6 Å². The lowest BCUT2D eigenvalue weighted by molar-refractivity contribution is -0.143. The zero-order chi connectivity index (χ0) is 18.2. The molecule has 0 aromatic heterocycles. The molecule has 0 saturated heterocycles. The second kappa shape index (κ2) is 9.30. The van der Waals surface area contributed by atoms with Crippen molar-refractivity contribution in [1.29, 1.82) is 0 Å². The van der Waals surface area contributed by atoms with Crippen LogP contribution in [0.5, 0.6) is 5.75 Å². The highest BCUT2D eigenvalue weighted by molar-refractivity contribution is 6.35. The van der Waals surface area contributed by atoms with E-state index in [0.29, 0.717) is 21.4 Å². The summed E-state index contributed by atoms with van der Waals surface area (Å²) in [5.74, 6) is -0.429. The Hall–Kier alpha value is -2.24. The molecule has 0 radical (unpaired) electrons. The monoisotopic (exact) mass is 381 g/mol. The van der Waals surface area contributed by atoms with Gasteiger partial charge in [0.15, 0.2) is 0 Å². The Morgan fingerprint density at radius 1 is 1.04 bits per heavy atom. The van der Waals surface area contributed by atoms with Crippen molar-refractivity contribution in [2.75, 3.05) is 19.8 Å². The molecule has 0 fully saturated rings. The first-order valence-corrected chi connectivity index (χ1v) is 8.29. The minimum absolute atomic E-state index is 0.0399. The van der Waals surface area contributed by atoms with Crippen molar-refractivity contribution < 1.29 is 19.1 Å². The van der Waals surface area contributed by atoms with Crippen LogP contribution in [0.1, 0.15) is 15.9 Å². The van der Waals surface area contributed by atoms with E-state index in [4.69, 9.17) is 32.7 Å². The maximum atomic E-state index is 11.9. The van der Waals surface area contributed by atoms with Crippen molar-refractivity contribution in [2.45, 2.75) is 6.92 Å². The number of carbonyl (C=O) groups is 2. The highest BCUT2D eigenvalue weighted by Gasteiger charge is 2.09. The Bertz CT molecular complexity index is 747. The molecule has 132 valence electrons. The number of ether oxygens (including phenoxy) is 2. The number of benzene rings is 2. The van der Waals surface area contributed by atoms with Crippen LogP contribution in [0.3, 0.4) is 0 Å². The van der Waals surface area contributed by atoms with E-state index in [1.54, 1.807) is 30.3 Å². The molecular formula is C18H17Cl2NO4. The van der Waals surface area contributed by atoms with Crippen LogP contribution in [0.4, 0.5) is 0 Å². The zero-order valence-corrected chi connectivity index (χ0v) is 15.1. The SMILES string of the molecule is Cc1ccc(C(=O)NCC(=O)OCCOc2ccc(Cl)cc2Cl)cc1. The molecular weight excluding hydrogens is 365 g/mol. The average Bonchev–Trinajstić information content (AvgIpc) is 2.58. The summed E-state index contributed by atoms with van der Waals surface area (Å²) in [7, 11) is 0. The smallest absolute Gasteiger partial charge is 0.325 e. The quantitative estimate of drug-likeness (QED) is 0.587. The number of hydrogen-bond acceptors (Lipinski definition) is 4. The van der Waals surface area contributed by atoms with E-state index >= 15 is 0 Å². The Labute approximate surface area is 155 Å². The zero-order valence-electron chi connectivity index (χ0n) is 13.6. The summed E-state index contributed by atoms with van der Waals surface area (Å²) < 4.78 is 10.4. The predicted molar refractivity (Wildman–Crippen MR) is 96.4 cm³/mol. The Morgan fingerprint density at radius 2 is 1.76 bits per heavy atom. The number of carbonyl (C=O) groups excluding carboxylic acids is 2. The molecule has 0 atom stereocenters. The molecule has 2 aromatic rings. The molecule has 0 aliphatic heterocycles. The summed E-state index contributed by atoms with van der Waals surface area (Å²) in [6.07, 6.45) is 0. The summed E-state index contributed by atoms with van der Waals surface area (Å²) in [6, 6.07) is 11.9. The first kappa shape index (κ1) is 19.1. The third kappa shape index (κ3) is 6.29. The van der Waals surface area contributed by atoms with Crippen molar-refractivity contribution in [1.82, 2.24) is 5.32 Å². The summed E-state index contributed by atoms with van der Waals surface area (Å²) in [6.45, 7) is 1.89. The maximum absolute atomic E-state index is 11.9. The molecule has 1 N–H and O–H groups in total. The summed E-state index contributed by atoms with van der Waals surface area (Å²) >= 11 is 11.7. The minimum Gasteiger partial charge on any atom is -0.488 e. The fourth-order valence-corrected chi connectivity index (χ4v) is 2.37. The fourth-order valence-electron chi connectivity index (χ4n) is 1.91. The summed E-state index contributed by atoms with van der Waals surface area (Å²) in [5.41, 5.74) is 1.54. The van der Waals surface area contributed by atoms with Crippen molar-refractivity contribution in [3.8, 4) is 5.75 Å². The molecule has 5 nitrogen and oxygen atoms in total. The van der Waals surface area contributed by atoms with Gasteiger partial charge in [-0.15, -0.1) is 0 Å². The third-order valence-corrected chi connectivity index (χ3v) is 3.74. The van der Waals surface area contributed by atoms with Gasteiger partial charge in [0.1, 0.15) is 25.5 Å². The molecule has 25 heavy (non-hydrogen) atoms. The maximum Gasteiger partial charge on any atom is 0.325 e. The molecule has 2 aromatic carbocycles. The van der Waals surface area contributed by atoms with Crippen LogP contribution < -0.4 is 10.1 Å². The number of esters is 1. The number of nitrogens with one attached hydrogen (secondary N) is 1. The summed E-state index contributed by atoms with van der Waals surface area (Å²) in [5, 5.41) is 3.39. The van der Waals surface area contributed by atoms with E-state index in [1.165, 1.54) is 0 Å². The van der Waals surface area contributed by atoms with Crippen LogP contribution in [0.15, 0.2) is 42.5 Å². The molecule has 0 aliphatic carbocycles. The standard InChI is InChI=1S/C18H17Cl2NO4/c1-12-2-4-13(5-3-12)18(23)21-11-17(22)25-9-8-24-16-7-6-14(19)10-15(16)20/h2-7,10H,8-9,11H2,1H3,(H,21,23). The van der Waals surface area contributed by atoms with Gasteiger partial charge in [0.25, 0.3) is 5.91 Å². The Kier molecular flexibility index (Phi) is 7.10. The number of hydrogen-bond donors (Lipinski definition) is 1. The molecule has 0 saturated carbocycles. The second-order valence-electron chi connectivity index (χ2n) is 5.19. The second-order valence-corrected chi connectivity index (χ2v) is 6.04. The normalized spacial score (nSPS) is 10.2. The van der Waals surface area contributed by atoms with Crippen molar-refractivity contribution >= 4 is 35.1 Å². The molecule has 7 heteroatoms. The van der Waals surface area contributed by atoms with E-state index in [-0.39, 0.29) is 25.7 Å². The molecule has 0 heterocycles. The number of halogens is 2. The minimum atomic E-state index is -0.550. The number of aryl methyl sites for hydroxylation is 1. The topological polar surface area (TPSA) is 64.6 Å². The van der Waals surface area contributed by atoms with Gasteiger partial charge in [-0.05, 0) is 37.3 Å². The van der Waals surface area contributed by atoms with Gasteiger partial charge in [-0.1, -0.05) is 40.9 Å². The lowest BCUT2D eigenvalue weighted by atomic mass is 10.1. The van der Waals surface area contributed by atoms with Gasteiger partial charge in [0, 0.05) is 10.6 Å². The first-order valence-electron chi connectivity index (χ1n) is 7.54. The third-order valence-electron chi connectivity index (χ3n) is 3.20. The first-order chi connectivity index (χ1) is 12.0. The molecule has 2 rings (SSSR count). The molecule has 0 unspecified atom stereocenters. The average molecular weight is 382 g/mol. The van der Waals surface area contributed by atoms with Crippen LogP contribution >= 0.6 is 23.2 Å². The van der Waals surface area contributed by atoms with Gasteiger partial charge in [-0.3, -0.25) is 9.59 Å². The van der Waals surface area contributed by atoms with E-state index in [1.807, 2.05) is 19.1 Å². The summed E-state index contributed by atoms with van der Waals surface area (Å²) in [4.78, 5) is 23.5. The van der Waals surface area contributed by atoms with Crippen LogP contribution in [0, 0.1) is 6.92 Å². The Morgan fingerprint density at radius 3 is 2.44 bits per heavy atom. The van der Waals surface area contributed by atoms with Gasteiger partial charge in [-0.2, -0.15) is 0 Å². The number of amides is 1. The molecule has 0 aliphatic rings. The molecule has 1 amide bonds. The lowest BCUT2D eigenvalue weighted by Crippen LogP contribution is -2.31. The van der Waals surface area contributed by atoms with Gasteiger partial charge < -0.3 is 14.8 Å². The van der Waals surface area contributed by atoms with Gasteiger partial charge in [0.05, 0.1) is 5.02 Å². The van der Waals surface area contributed by atoms with Crippen LogP contribution in [0.25, 0.3) is 0 Å². The largest absolute Gasteiger partial charge is 0.488 e. The van der Waals surface area contributed by atoms with Crippen LogP contribution in [-0.4, -0.2) is 31.6 Å². The molecule has 0 bridgehead atoms. The van der Waals surface area contributed by atoms with Gasteiger partial charge in [0.2, 0.25) is 0 Å². The highest BCUT2D eigenvalue weighted by atomic mass is 35.5. The van der Waals surface area contributed by atoms with Crippen molar-refractivity contribution in [3.63, 3.8) is 0 Å². The predicted octanol–water partition coefficient (Wildman–Crippen LogP) is 3.65. The Balaban J connectivity index is 1.67. The highest BCUT2D eigenvalue weighted by Crippen LogP contribution is 2.27. The van der Waals surface area contributed by atoms with Gasteiger partial charge in [-0.25, -0.2) is 0 Å². The van der Waals surface area contributed by atoms with Crippen LogP contribution in [0.2, 0.25) is 10.0 Å². The lowest BCUT2D eigenvalue weighted by Gasteiger charge is -2.09. The molecule has 0 spiro atoms. The van der Waals surface area contributed by atoms with E-state index in [9.17, 15) is 9.59 Å². The van der Waals surface area contributed by atoms with Crippen LogP contribution in [-0.2, 0) is 9.53 Å².